The zero-order valence-electron chi connectivity index (χ0n) is 14.4. The number of carbonyl (C=O) groups is 3. The topological polar surface area (TPSA) is 97.0 Å². The lowest BCUT2D eigenvalue weighted by atomic mass is 9.98. The Morgan fingerprint density at radius 2 is 1.88 bits per heavy atom. The van der Waals surface area contributed by atoms with Gasteiger partial charge in [-0.25, -0.2) is 4.79 Å². The van der Waals surface area contributed by atoms with Crippen molar-refractivity contribution in [3.8, 4) is 11.5 Å². The molecule has 0 bridgehead atoms. The molecule has 0 atom stereocenters. The van der Waals surface area contributed by atoms with E-state index in [0.29, 0.717) is 37.6 Å². The number of nitrogens with zero attached hydrogens (tertiary/aromatic N) is 1. The Hall–Kier alpha value is -2.77. The molecule has 1 aliphatic carbocycles. The summed E-state index contributed by atoms with van der Waals surface area (Å²) in [6, 6.07) is 4.98. The van der Waals surface area contributed by atoms with Gasteiger partial charge in [0.2, 0.25) is 5.91 Å². The lowest BCUT2D eigenvalue weighted by Crippen LogP contribution is -2.45. The van der Waals surface area contributed by atoms with Crippen LogP contribution in [0, 0.1) is 0 Å². The molecular formula is C18H21N3O5. The quantitative estimate of drug-likeness (QED) is 0.780. The largest absolute Gasteiger partial charge is 0.486 e. The van der Waals surface area contributed by atoms with E-state index in [-0.39, 0.29) is 24.9 Å². The zero-order chi connectivity index (χ0) is 18.1. The minimum absolute atomic E-state index is 0.267. The first kappa shape index (κ1) is 16.7. The SMILES string of the molecule is O=C(CN1C(=O)NC2(CCCC2)C1=O)NCc1ccc2c(c1)OCCO2. The maximum atomic E-state index is 12.5. The predicted molar refractivity (Wildman–Crippen MR) is 90.7 cm³/mol. The fraction of sp³-hybridized carbons (Fsp3) is 0.500. The molecule has 138 valence electrons. The maximum absolute atomic E-state index is 12.5. The number of ether oxygens (including phenoxy) is 2. The second-order valence-corrected chi connectivity index (χ2v) is 6.87. The van der Waals surface area contributed by atoms with E-state index in [1.165, 1.54) is 0 Å². The highest BCUT2D eigenvalue weighted by Gasteiger charge is 2.52. The molecule has 26 heavy (non-hydrogen) atoms. The number of rotatable bonds is 4. The van der Waals surface area contributed by atoms with E-state index in [9.17, 15) is 14.4 Å². The van der Waals surface area contributed by atoms with Crippen LogP contribution in [0.1, 0.15) is 31.2 Å². The molecule has 0 aromatic heterocycles. The number of fused-ring (bicyclic) bond motifs is 1. The fourth-order valence-corrected chi connectivity index (χ4v) is 3.74. The molecule has 8 nitrogen and oxygen atoms in total. The van der Waals surface area contributed by atoms with Crippen LogP contribution in [0.25, 0.3) is 0 Å². The van der Waals surface area contributed by atoms with Crippen molar-refractivity contribution in [3.05, 3.63) is 23.8 Å². The molecule has 1 aromatic carbocycles. The highest BCUT2D eigenvalue weighted by molar-refractivity contribution is 6.09. The second-order valence-electron chi connectivity index (χ2n) is 6.87. The smallest absolute Gasteiger partial charge is 0.325 e. The van der Waals surface area contributed by atoms with Gasteiger partial charge in [-0.3, -0.25) is 14.5 Å². The van der Waals surface area contributed by atoms with Crippen LogP contribution < -0.4 is 20.1 Å². The molecule has 2 fully saturated rings. The predicted octanol–water partition coefficient (Wildman–Crippen LogP) is 0.939. The molecular weight excluding hydrogens is 338 g/mol. The van der Waals surface area contributed by atoms with E-state index in [1.54, 1.807) is 6.07 Å². The normalized spacial score (nSPS) is 20.4. The van der Waals surface area contributed by atoms with Crippen molar-refractivity contribution in [2.75, 3.05) is 19.8 Å². The van der Waals surface area contributed by atoms with Gasteiger partial charge in [0.15, 0.2) is 11.5 Å². The maximum Gasteiger partial charge on any atom is 0.325 e. The Bertz CT molecular complexity index is 757. The molecule has 2 aliphatic heterocycles. The number of amides is 4. The van der Waals surface area contributed by atoms with Gasteiger partial charge >= 0.3 is 6.03 Å². The summed E-state index contributed by atoms with van der Waals surface area (Å²) >= 11 is 0. The summed E-state index contributed by atoms with van der Waals surface area (Å²) in [7, 11) is 0. The van der Waals surface area contributed by atoms with Gasteiger partial charge < -0.3 is 20.1 Å². The van der Waals surface area contributed by atoms with Crippen LogP contribution in [-0.2, 0) is 16.1 Å². The van der Waals surface area contributed by atoms with Crippen molar-refractivity contribution in [1.29, 1.82) is 0 Å². The Balaban J connectivity index is 1.34. The van der Waals surface area contributed by atoms with Crippen LogP contribution in [0.4, 0.5) is 4.79 Å². The Labute approximate surface area is 150 Å². The lowest BCUT2D eigenvalue weighted by Gasteiger charge is -2.20. The van der Waals surface area contributed by atoms with Crippen molar-refractivity contribution < 1.29 is 23.9 Å². The summed E-state index contributed by atoms with van der Waals surface area (Å²) in [5.41, 5.74) is 0.0692. The Kier molecular flexibility index (Phi) is 4.18. The highest BCUT2D eigenvalue weighted by atomic mass is 16.6. The summed E-state index contributed by atoms with van der Waals surface area (Å²) in [5, 5.41) is 5.51. The molecule has 0 radical (unpaired) electrons. The molecule has 3 aliphatic rings. The van der Waals surface area contributed by atoms with Crippen LogP contribution in [0.2, 0.25) is 0 Å². The molecule has 1 saturated carbocycles. The Morgan fingerprint density at radius 3 is 2.65 bits per heavy atom. The second kappa shape index (κ2) is 6.51. The fourth-order valence-electron chi connectivity index (χ4n) is 3.74. The summed E-state index contributed by atoms with van der Waals surface area (Å²) in [6.07, 6.45) is 3.12. The van der Waals surface area contributed by atoms with Crippen LogP contribution in [0.3, 0.4) is 0 Å². The van der Waals surface area contributed by atoms with E-state index in [4.69, 9.17) is 9.47 Å². The lowest BCUT2D eigenvalue weighted by molar-refractivity contribution is -0.134. The average Bonchev–Trinajstić information content (AvgIpc) is 3.21. The zero-order valence-corrected chi connectivity index (χ0v) is 14.4. The summed E-state index contributed by atoms with van der Waals surface area (Å²) in [4.78, 5) is 37.9. The van der Waals surface area contributed by atoms with E-state index in [0.717, 1.165) is 23.3 Å². The van der Waals surface area contributed by atoms with Crippen molar-refractivity contribution in [2.45, 2.75) is 37.8 Å². The van der Waals surface area contributed by atoms with Crippen LogP contribution >= 0.6 is 0 Å². The monoisotopic (exact) mass is 359 g/mol. The van der Waals surface area contributed by atoms with E-state index in [1.807, 2.05) is 12.1 Å². The van der Waals surface area contributed by atoms with Gasteiger partial charge in [-0.15, -0.1) is 0 Å². The van der Waals surface area contributed by atoms with Crippen LogP contribution in [-0.4, -0.2) is 48.0 Å². The molecule has 4 amide bonds. The first-order chi connectivity index (χ1) is 12.6. The first-order valence-electron chi connectivity index (χ1n) is 8.87. The number of hydrogen-bond donors (Lipinski definition) is 2. The molecule has 1 aromatic rings. The molecule has 1 saturated heterocycles. The number of urea groups is 1. The minimum Gasteiger partial charge on any atom is -0.486 e. The van der Waals surface area contributed by atoms with Gasteiger partial charge in [-0.2, -0.15) is 0 Å². The summed E-state index contributed by atoms with van der Waals surface area (Å²) in [5.74, 6) is 0.681. The van der Waals surface area contributed by atoms with Gasteiger partial charge in [0.1, 0.15) is 25.3 Å². The average molecular weight is 359 g/mol. The van der Waals surface area contributed by atoms with Crippen LogP contribution in [0.15, 0.2) is 18.2 Å². The first-order valence-corrected chi connectivity index (χ1v) is 8.87. The van der Waals surface area contributed by atoms with E-state index < -0.39 is 11.6 Å². The van der Waals surface area contributed by atoms with E-state index >= 15 is 0 Å². The number of carbonyl (C=O) groups excluding carboxylic acids is 3. The van der Waals surface area contributed by atoms with E-state index in [2.05, 4.69) is 10.6 Å². The third kappa shape index (κ3) is 2.95. The van der Waals surface area contributed by atoms with Crippen molar-refractivity contribution in [3.63, 3.8) is 0 Å². The molecule has 8 heteroatoms. The van der Waals surface area contributed by atoms with Gasteiger partial charge in [0, 0.05) is 6.54 Å². The van der Waals surface area contributed by atoms with Gasteiger partial charge in [-0.05, 0) is 30.5 Å². The molecule has 2 N–H and O–H groups in total. The van der Waals surface area contributed by atoms with Gasteiger partial charge in [-0.1, -0.05) is 18.9 Å². The molecule has 1 spiro atoms. The van der Waals surface area contributed by atoms with Crippen molar-refractivity contribution >= 4 is 17.8 Å². The molecule has 4 rings (SSSR count). The summed E-state index contributed by atoms with van der Waals surface area (Å²) in [6.45, 7) is 1.04. The standard InChI is InChI=1S/C18H21N3O5/c22-15(11-21-16(23)18(20-17(21)24)5-1-2-6-18)19-10-12-3-4-13-14(9-12)26-8-7-25-13/h3-4,9H,1-2,5-8,10-11H2,(H,19,22)(H,20,24). The minimum atomic E-state index is -0.785. The third-order valence-electron chi connectivity index (χ3n) is 5.10. The van der Waals surface area contributed by atoms with Gasteiger partial charge in [0.25, 0.3) is 5.91 Å². The third-order valence-corrected chi connectivity index (χ3v) is 5.10. The Morgan fingerprint density at radius 1 is 1.15 bits per heavy atom. The number of nitrogens with one attached hydrogen (secondary N) is 2. The number of hydrogen-bond acceptors (Lipinski definition) is 5. The van der Waals surface area contributed by atoms with Gasteiger partial charge in [0.05, 0.1) is 0 Å². The highest BCUT2D eigenvalue weighted by Crippen LogP contribution is 2.35. The number of imide groups is 1. The summed E-state index contributed by atoms with van der Waals surface area (Å²) < 4.78 is 11.0. The van der Waals surface area contributed by atoms with Crippen molar-refractivity contribution in [2.24, 2.45) is 0 Å². The van der Waals surface area contributed by atoms with Crippen molar-refractivity contribution in [1.82, 2.24) is 15.5 Å². The molecule has 2 heterocycles. The van der Waals surface area contributed by atoms with Crippen LogP contribution in [0.5, 0.6) is 11.5 Å². The molecule has 0 unspecified atom stereocenters. The number of benzene rings is 1.